The molecule has 9 heteroatoms. The molecule has 0 bridgehead atoms. The first-order chi connectivity index (χ1) is 15.9. The minimum atomic E-state index is -0.717. The molecule has 0 aliphatic carbocycles. The molecular formula is C24H24F2N4O3. The molecule has 1 aromatic heterocycles. The monoisotopic (exact) mass is 454 g/mol. The highest BCUT2D eigenvalue weighted by atomic mass is 19.1. The van der Waals surface area contributed by atoms with E-state index in [0.29, 0.717) is 26.2 Å². The van der Waals surface area contributed by atoms with Gasteiger partial charge in [0.05, 0.1) is 19.2 Å². The van der Waals surface area contributed by atoms with Gasteiger partial charge in [0.15, 0.2) is 0 Å². The van der Waals surface area contributed by atoms with Crippen molar-refractivity contribution in [1.82, 2.24) is 19.8 Å². The molecule has 1 aliphatic heterocycles. The Morgan fingerprint density at radius 3 is 2.76 bits per heavy atom. The Kier molecular flexibility index (Phi) is 6.79. The number of rotatable bonds is 7. The molecule has 0 saturated carbocycles. The van der Waals surface area contributed by atoms with Crippen molar-refractivity contribution >= 4 is 5.91 Å². The zero-order valence-corrected chi connectivity index (χ0v) is 18.2. The van der Waals surface area contributed by atoms with Gasteiger partial charge < -0.3 is 15.0 Å². The number of fused-ring (bicyclic) bond motifs is 1. The standard InChI is InChI=1S/C24H24F2N4O3/c1-27-11-24(32)29-7-6-17-8-16(2-3-18(17)13-29)12-30-15-28-22(10-23(30)31)33-14-19-4-5-20(25)9-21(19)26/h2-5,8-10,15,27H,6-7,11-14H2,1H3. The van der Waals surface area contributed by atoms with Crippen molar-refractivity contribution in [1.29, 1.82) is 0 Å². The van der Waals surface area contributed by atoms with E-state index < -0.39 is 11.6 Å². The van der Waals surface area contributed by atoms with Gasteiger partial charge in [0.1, 0.15) is 24.6 Å². The van der Waals surface area contributed by atoms with E-state index in [1.54, 1.807) is 7.05 Å². The van der Waals surface area contributed by atoms with Gasteiger partial charge in [-0.25, -0.2) is 13.8 Å². The summed E-state index contributed by atoms with van der Waals surface area (Å²) >= 11 is 0. The Hall–Kier alpha value is -3.59. The summed E-state index contributed by atoms with van der Waals surface area (Å²) in [6.45, 7) is 1.75. The lowest BCUT2D eigenvalue weighted by Crippen LogP contribution is -2.40. The zero-order chi connectivity index (χ0) is 23.4. The average molecular weight is 454 g/mol. The highest BCUT2D eigenvalue weighted by Gasteiger charge is 2.20. The van der Waals surface area contributed by atoms with E-state index in [1.165, 1.54) is 28.6 Å². The predicted molar refractivity (Wildman–Crippen MR) is 118 cm³/mol. The SMILES string of the molecule is CNCC(=O)N1CCc2cc(Cn3cnc(OCc4ccc(F)cc4F)cc3=O)ccc2C1. The van der Waals surface area contributed by atoms with Gasteiger partial charge in [0.25, 0.3) is 5.56 Å². The molecule has 2 heterocycles. The molecule has 1 amide bonds. The first-order valence-electron chi connectivity index (χ1n) is 10.6. The van der Waals surface area contributed by atoms with E-state index in [4.69, 9.17) is 4.74 Å². The van der Waals surface area contributed by atoms with Crippen LogP contribution >= 0.6 is 0 Å². The second-order valence-corrected chi connectivity index (χ2v) is 7.92. The van der Waals surface area contributed by atoms with E-state index in [9.17, 15) is 18.4 Å². The molecule has 7 nitrogen and oxygen atoms in total. The maximum Gasteiger partial charge on any atom is 0.257 e. The molecule has 0 radical (unpaired) electrons. The summed E-state index contributed by atoms with van der Waals surface area (Å²) in [5.74, 6) is -1.24. The van der Waals surface area contributed by atoms with Crippen molar-refractivity contribution in [3.05, 3.63) is 93.0 Å². The largest absolute Gasteiger partial charge is 0.473 e. The minimum Gasteiger partial charge on any atom is -0.473 e. The lowest BCUT2D eigenvalue weighted by Gasteiger charge is -2.29. The van der Waals surface area contributed by atoms with Crippen molar-refractivity contribution in [3.63, 3.8) is 0 Å². The Labute approximate surface area is 189 Å². The number of carbonyl (C=O) groups excluding carboxylic acids is 1. The van der Waals surface area contributed by atoms with E-state index in [-0.39, 0.29) is 29.5 Å². The summed E-state index contributed by atoms with van der Waals surface area (Å²) in [4.78, 5) is 30.6. The summed E-state index contributed by atoms with van der Waals surface area (Å²) in [6.07, 6.45) is 2.15. The van der Waals surface area contributed by atoms with Crippen LogP contribution in [0.3, 0.4) is 0 Å². The van der Waals surface area contributed by atoms with Crippen LogP contribution < -0.4 is 15.6 Å². The lowest BCUT2D eigenvalue weighted by molar-refractivity contribution is -0.131. The van der Waals surface area contributed by atoms with E-state index in [1.807, 2.05) is 17.0 Å². The van der Waals surface area contributed by atoms with Crippen LogP contribution in [0.4, 0.5) is 8.78 Å². The second kappa shape index (κ2) is 9.91. The molecular weight excluding hydrogens is 430 g/mol. The number of amides is 1. The van der Waals surface area contributed by atoms with Crippen LogP contribution in [0.1, 0.15) is 22.3 Å². The van der Waals surface area contributed by atoms with Gasteiger partial charge in [-0.3, -0.25) is 14.2 Å². The normalized spacial score (nSPS) is 13.0. The van der Waals surface area contributed by atoms with E-state index in [2.05, 4.69) is 16.4 Å². The van der Waals surface area contributed by atoms with Crippen LogP contribution in [0, 0.1) is 11.6 Å². The Bertz CT molecular complexity index is 1230. The number of ether oxygens (including phenoxy) is 1. The Morgan fingerprint density at radius 2 is 2.00 bits per heavy atom. The average Bonchev–Trinajstić information content (AvgIpc) is 2.80. The van der Waals surface area contributed by atoms with E-state index in [0.717, 1.165) is 29.7 Å². The molecule has 33 heavy (non-hydrogen) atoms. The van der Waals surface area contributed by atoms with Crippen LogP contribution in [0.15, 0.2) is 53.6 Å². The van der Waals surface area contributed by atoms with Crippen LogP contribution in [0.2, 0.25) is 0 Å². The zero-order valence-electron chi connectivity index (χ0n) is 18.2. The summed E-state index contributed by atoms with van der Waals surface area (Å²) in [5.41, 5.74) is 3.10. The smallest absolute Gasteiger partial charge is 0.257 e. The molecule has 3 aromatic rings. The highest BCUT2D eigenvalue weighted by Crippen LogP contribution is 2.21. The summed E-state index contributed by atoms with van der Waals surface area (Å²) in [7, 11) is 1.75. The molecule has 0 fully saturated rings. The number of carbonyl (C=O) groups is 1. The number of nitrogens with zero attached hydrogens (tertiary/aromatic N) is 3. The summed E-state index contributed by atoms with van der Waals surface area (Å²) < 4.78 is 33.6. The fraction of sp³-hybridized carbons (Fsp3) is 0.292. The molecule has 172 valence electrons. The molecule has 1 aliphatic rings. The number of aromatic nitrogens is 2. The molecule has 4 rings (SSSR count). The third-order valence-electron chi connectivity index (χ3n) is 5.56. The first kappa shape index (κ1) is 22.6. The number of nitrogens with one attached hydrogen (secondary N) is 1. The second-order valence-electron chi connectivity index (χ2n) is 7.92. The number of benzene rings is 2. The van der Waals surface area contributed by atoms with Crippen molar-refractivity contribution < 1.29 is 18.3 Å². The third-order valence-corrected chi connectivity index (χ3v) is 5.56. The number of hydrogen-bond acceptors (Lipinski definition) is 5. The van der Waals surface area contributed by atoms with Gasteiger partial charge in [0, 0.05) is 24.7 Å². The summed E-state index contributed by atoms with van der Waals surface area (Å²) in [5, 5.41) is 2.89. The van der Waals surface area contributed by atoms with Gasteiger partial charge in [-0.2, -0.15) is 0 Å². The maximum absolute atomic E-state index is 13.7. The number of halogens is 2. The van der Waals surface area contributed by atoms with E-state index >= 15 is 0 Å². The fourth-order valence-electron chi connectivity index (χ4n) is 3.77. The fourth-order valence-corrected chi connectivity index (χ4v) is 3.77. The Balaban J connectivity index is 1.40. The van der Waals surface area contributed by atoms with Crippen molar-refractivity contribution in [2.45, 2.75) is 26.1 Å². The maximum atomic E-state index is 13.7. The van der Waals surface area contributed by atoms with Crippen LogP contribution in [-0.4, -0.2) is 40.5 Å². The molecule has 0 unspecified atom stereocenters. The van der Waals surface area contributed by atoms with Gasteiger partial charge in [-0.1, -0.05) is 18.2 Å². The molecule has 0 saturated heterocycles. The van der Waals surface area contributed by atoms with Crippen LogP contribution in [-0.2, 0) is 30.9 Å². The molecule has 2 aromatic carbocycles. The molecule has 1 N–H and O–H groups in total. The number of likely N-dealkylation sites (N-methyl/N-ethyl adjacent to an activating group) is 1. The minimum absolute atomic E-state index is 0.0664. The van der Waals surface area contributed by atoms with Crippen molar-refractivity contribution in [3.8, 4) is 5.88 Å². The number of hydrogen-bond donors (Lipinski definition) is 1. The quantitative estimate of drug-likeness (QED) is 0.593. The summed E-state index contributed by atoms with van der Waals surface area (Å²) in [6, 6.07) is 10.5. The molecule has 0 atom stereocenters. The Morgan fingerprint density at radius 1 is 1.15 bits per heavy atom. The topological polar surface area (TPSA) is 76.5 Å². The highest BCUT2D eigenvalue weighted by molar-refractivity contribution is 5.78. The van der Waals surface area contributed by atoms with Gasteiger partial charge in [-0.05, 0) is 42.3 Å². The van der Waals surface area contributed by atoms with Crippen LogP contribution in [0.25, 0.3) is 0 Å². The lowest BCUT2D eigenvalue weighted by atomic mass is 9.97. The van der Waals surface area contributed by atoms with Gasteiger partial charge in [-0.15, -0.1) is 0 Å². The van der Waals surface area contributed by atoms with Crippen molar-refractivity contribution in [2.75, 3.05) is 20.1 Å². The first-order valence-corrected chi connectivity index (χ1v) is 10.6. The van der Waals surface area contributed by atoms with Crippen LogP contribution in [0.5, 0.6) is 5.88 Å². The predicted octanol–water partition coefficient (Wildman–Crippen LogP) is 2.25. The van der Waals surface area contributed by atoms with Crippen molar-refractivity contribution in [2.24, 2.45) is 0 Å². The van der Waals surface area contributed by atoms with Gasteiger partial charge in [0.2, 0.25) is 11.8 Å². The third kappa shape index (κ3) is 5.43. The molecule has 0 spiro atoms. The van der Waals surface area contributed by atoms with Gasteiger partial charge >= 0.3 is 0 Å².